The molecule has 1 amide bonds. The average Bonchev–Trinajstić information content (AvgIpc) is 3.46. The lowest BCUT2D eigenvalue weighted by atomic mass is 9.80. The zero-order chi connectivity index (χ0) is 32.4. The van der Waals surface area contributed by atoms with Crippen LogP contribution in [-0.2, 0) is 22.5 Å². The van der Waals surface area contributed by atoms with E-state index in [4.69, 9.17) is 25.1 Å². The summed E-state index contributed by atoms with van der Waals surface area (Å²) in [6.45, 7) is 0.474. The zero-order valence-electron chi connectivity index (χ0n) is 25.3. The Labute approximate surface area is 266 Å². The summed E-state index contributed by atoms with van der Waals surface area (Å²) in [6, 6.07) is 21.3. The number of amides is 1. The molecule has 3 aromatic carbocycles. The highest BCUT2D eigenvalue weighted by Crippen LogP contribution is 2.46. The molecule has 0 spiro atoms. The Bertz CT molecular complexity index is 1640. The van der Waals surface area contributed by atoms with Gasteiger partial charge in [0.1, 0.15) is 5.75 Å². The summed E-state index contributed by atoms with van der Waals surface area (Å²) in [5.41, 5.74) is 19.7. The van der Waals surface area contributed by atoms with Gasteiger partial charge in [0.25, 0.3) is 5.91 Å². The molecule has 1 saturated carbocycles. The SMILES string of the molecule is [N-]=[N+]=NCc1ccccc1C[C@@]1(C(=O)NC2CCC(O)CC2)N=C(c2ccc(OCCCO)cc2)O[C@@H]1c1ccccc1N=[N+]=[N-]. The van der Waals surface area contributed by atoms with E-state index in [0.29, 0.717) is 61.3 Å². The van der Waals surface area contributed by atoms with Crippen molar-refractivity contribution < 1.29 is 24.5 Å². The van der Waals surface area contributed by atoms with Crippen molar-refractivity contribution in [2.45, 2.75) is 68.9 Å². The van der Waals surface area contributed by atoms with Crippen molar-refractivity contribution in [1.29, 1.82) is 0 Å². The molecule has 5 rings (SSSR count). The first-order chi connectivity index (χ1) is 22.5. The number of aliphatic imine (C=N–C) groups is 1. The number of hydrogen-bond donors (Lipinski definition) is 3. The molecule has 0 radical (unpaired) electrons. The van der Waals surface area contributed by atoms with E-state index >= 15 is 0 Å². The Kier molecular flexibility index (Phi) is 10.7. The van der Waals surface area contributed by atoms with E-state index in [2.05, 4.69) is 25.4 Å². The quantitative estimate of drug-likeness (QED) is 0.0889. The Morgan fingerprint density at radius 3 is 2.43 bits per heavy atom. The Balaban J connectivity index is 1.63. The van der Waals surface area contributed by atoms with Gasteiger partial charge in [0.2, 0.25) is 5.90 Å². The highest BCUT2D eigenvalue weighted by atomic mass is 16.5. The summed E-state index contributed by atoms with van der Waals surface area (Å²) in [5.74, 6) is 0.466. The second-order valence-electron chi connectivity index (χ2n) is 11.4. The second kappa shape index (κ2) is 15.3. The van der Waals surface area contributed by atoms with Gasteiger partial charge in [-0.2, -0.15) is 0 Å². The number of carbonyl (C=O) groups is 1. The van der Waals surface area contributed by atoms with Gasteiger partial charge in [0.15, 0.2) is 11.6 Å². The maximum atomic E-state index is 14.7. The smallest absolute Gasteiger partial charge is 0.252 e. The van der Waals surface area contributed by atoms with Crippen molar-refractivity contribution >= 4 is 17.5 Å². The molecule has 2 aliphatic rings. The number of nitrogens with one attached hydrogen (secondary N) is 1. The van der Waals surface area contributed by atoms with Crippen LogP contribution < -0.4 is 10.1 Å². The lowest BCUT2D eigenvalue weighted by molar-refractivity contribution is -0.130. The molecule has 0 saturated heterocycles. The van der Waals surface area contributed by atoms with Crippen LogP contribution in [0.2, 0.25) is 0 Å². The summed E-state index contributed by atoms with van der Waals surface area (Å²) >= 11 is 0. The molecular weight excluding hydrogens is 588 g/mol. The molecule has 0 unspecified atom stereocenters. The number of aliphatic hydroxyl groups is 2. The molecule has 13 nitrogen and oxygen atoms in total. The van der Waals surface area contributed by atoms with Crippen molar-refractivity contribution in [2.75, 3.05) is 13.2 Å². The molecule has 13 heteroatoms. The number of benzene rings is 3. The van der Waals surface area contributed by atoms with E-state index < -0.39 is 17.7 Å². The Hall–Kier alpha value is -5.06. The van der Waals surface area contributed by atoms with Crippen LogP contribution in [0.5, 0.6) is 5.75 Å². The molecule has 0 bridgehead atoms. The van der Waals surface area contributed by atoms with Crippen molar-refractivity contribution in [3.8, 4) is 5.75 Å². The van der Waals surface area contributed by atoms with Crippen molar-refractivity contribution in [3.05, 3.63) is 116 Å². The third-order valence-corrected chi connectivity index (χ3v) is 8.32. The van der Waals surface area contributed by atoms with Crippen LogP contribution in [0.3, 0.4) is 0 Å². The van der Waals surface area contributed by atoms with Crippen molar-refractivity contribution in [3.63, 3.8) is 0 Å². The third kappa shape index (κ3) is 7.42. The van der Waals surface area contributed by atoms with Crippen LogP contribution >= 0.6 is 0 Å². The molecular formula is C33H36N8O5. The number of azide groups is 2. The second-order valence-corrected chi connectivity index (χ2v) is 11.4. The van der Waals surface area contributed by atoms with Gasteiger partial charge in [0.05, 0.1) is 19.3 Å². The average molecular weight is 625 g/mol. The molecule has 2 atom stereocenters. The van der Waals surface area contributed by atoms with E-state index in [1.54, 1.807) is 48.5 Å². The molecule has 46 heavy (non-hydrogen) atoms. The zero-order valence-corrected chi connectivity index (χ0v) is 25.3. The summed E-state index contributed by atoms with van der Waals surface area (Å²) < 4.78 is 12.3. The molecule has 238 valence electrons. The Morgan fingerprint density at radius 2 is 1.72 bits per heavy atom. The summed E-state index contributed by atoms with van der Waals surface area (Å²) in [7, 11) is 0. The van der Waals surface area contributed by atoms with Gasteiger partial charge >= 0.3 is 0 Å². The van der Waals surface area contributed by atoms with Gasteiger partial charge in [-0.1, -0.05) is 58.8 Å². The van der Waals surface area contributed by atoms with Crippen LogP contribution in [0.25, 0.3) is 20.9 Å². The van der Waals surface area contributed by atoms with Crippen LogP contribution in [0, 0.1) is 0 Å². The number of carbonyl (C=O) groups excluding carboxylic acids is 1. The molecule has 3 aromatic rings. The summed E-state index contributed by atoms with van der Waals surface area (Å²) in [5, 5.41) is 30.0. The molecule has 0 aromatic heterocycles. The van der Waals surface area contributed by atoms with E-state index in [0.717, 1.165) is 11.1 Å². The minimum absolute atomic E-state index is 0.0268. The molecule has 1 aliphatic carbocycles. The standard InChI is InChI=1S/C33H36N8O5/c34-40-36-21-24-7-2-1-6-23(24)20-33(32(44)37-25-12-14-26(43)15-13-25)30(28-8-3-4-9-29(28)39-41-35)46-31(38-33)22-10-16-27(17-11-22)45-19-5-18-42/h1-4,6-11,16-17,25-26,30,42-43H,5,12-15,18-21H2,(H,37,44)/t25?,26?,30-,33-/m1/s1. The minimum Gasteiger partial charge on any atom is -0.494 e. The van der Waals surface area contributed by atoms with Crippen LogP contribution in [0.1, 0.15) is 60.5 Å². The maximum Gasteiger partial charge on any atom is 0.252 e. The van der Waals surface area contributed by atoms with Crippen molar-refractivity contribution in [2.24, 2.45) is 15.2 Å². The Morgan fingerprint density at radius 1 is 1.00 bits per heavy atom. The molecule has 3 N–H and O–H groups in total. The lowest BCUT2D eigenvalue weighted by Gasteiger charge is -2.34. The van der Waals surface area contributed by atoms with Gasteiger partial charge in [-0.15, -0.1) is 0 Å². The molecule has 1 heterocycles. The predicted molar refractivity (Wildman–Crippen MR) is 171 cm³/mol. The van der Waals surface area contributed by atoms with Gasteiger partial charge in [-0.3, -0.25) is 4.79 Å². The summed E-state index contributed by atoms with van der Waals surface area (Å²) in [4.78, 5) is 25.7. The first kappa shape index (κ1) is 32.3. The van der Waals surface area contributed by atoms with E-state index in [-0.39, 0.29) is 37.4 Å². The fraction of sp³-hybridized carbons (Fsp3) is 0.394. The normalized spacial score (nSPS) is 22.0. The third-order valence-electron chi connectivity index (χ3n) is 8.32. The van der Waals surface area contributed by atoms with Crippen LogP contribution in [0.15, 0.2) is 88.0 Å². The van der Waals surface area contributed by atoms with Gasteiger partial charge in [-0.05, 0) is 72.1 Å². The predicted octanol–water partition coefficient (Wildman–Crippen LogP) is 6.12. The largest absolute Gasteiger partial charge is 0.494 e. The monoisotopic (exact) mass is 624 g/mol. The number of ether oxygens (including phenoxy) is 2. The fourth-order valence-corrected chi connectivity index (χ4v) is 5.92. The molecule has 1 aliphatic heterocycles. The van der Waals surface area contributed by atoms with E-state index in [1.807, 2.05) is 24.3 Å². The first-order valence-corrected chi connectivity index (χ1v) is 15.3. The number of hydrogen-bond acceptors (Lipinski definition) is 8. The van der Waals surface area contributed by atoms with Gasteiger partial charge in [0, 0.05) is 52.1 Å². The minimum atomic E-state index is -1.56. The number of aliphatic hydroxyl groups excluding tert-OH is 2. The first-order valence-electron chi connectivity index (χ1n) is 15.3. The lowest BCUT2D eigenvalue weighted by Crippen LogP contribution is -2.53. The van der Waals surface area contributed by atoms with Gasteiger partial charge in [-0.25, -0.2) is 4.99 Å². The maximum absolute atomic E-state index is 14.7. The highest BCUT2D eigenvalue weighted by Gasteiger charge is 2.54. The van der Waals surface area contributed by atoms with E-state index in [9.17, 15) is 15.4 Å². The fourth-order valence-electron chi connectivity index (χ4n) is 5.92. The van der Waals surface area contributed by atoms with Crippen LogP contribution in [-0.4, -0.2) is 52.9 Å². The topological polar surface area (TPSA) is 198 Å². The van der Waals surface area contributed by atoms with Crippen molar-refractivity contribution in [1.82, 2.24) is 5.32 Å². The van der Waals surface area contributed by atoms with E-state index in [1.165, 1.54) is 0 Å². The highest BCUT2D eigenvalue weighted by molar-refractivity contribution is 6.01. The van der Waals surface area contributed by atoms with Gasteiger partial charge < -0.3 is 25.0 Å². The summed E-state index contributed by atoms with van der Waals surface area (Å²) in [6.07, 6.45) is 1.59. The van der Waals surface area contributed by atoms with Crippen LogP contribution in [0.4, 0.5) is 5.69 Å². The molecule has 1 fully saturated rings. The number of nitrogens with zero attached hydrogens (tertiary/aromatic N) is 7. The number of rotatable bonds is 13.